The molecule has 2 N–H and O–H groups in total. The number of carbonyl (C=O) groups excluding carboxylic acids is 1. The van der Waals surface area contributed by atoms with Gasteiger partial charge in [-0.25, -0.2) is 0 Å². The number of rotatable bonds is 2. The second-order valence-electron chi connectivity index (χ2n) is 3.82. The molecule has 98 valence electrons. The third-order valence-corrected chi connectivity index (χ3v) is 3.22. The van der Waals surface area contributed by atoms with E-state index in [1.807, 2.05) is 24.3 Å². The smallest absolute Gasteiger partial charge is 0.260 e. The van der Waals surface area contributed by atoms with Crippen LogP contribution in [0.1, 0.15) is 10.4 Å². The van der Waals surface area contributed by atoms with Crippen LogP contribution in [0.2, 0.25) is 0 Å². The van der Waals surface area contributed by atoms with Gasteiger partial charge in [-0.05, 0) is 59.1 Å². The molecular weight excluding hydrogens is 375 g/mol. The number of aromatic nitrogens is 2. The topological polar surface area (TPSA) is 59.0 Å². The minimum atomic E-state index is -0.281. The van der Waals surface area contributed by atoms with Gasteiger partial charge in [0.15, 0.2) is 5.11 Å². The molecule has 0 unspecified atom stereocenters. The quantitative estimate of drug-likeness (QED) is 0.614. The number of hydrogen-bond donors (Lipinski definition) is 2. The number of aryl methyl sites for hydroxylation is 1. The summed E-state index contributed by atoms with van der Waals surface area (Å²) < 4.78 is 2.69. The molecular formula is C12H11IN4OS. The maximum absolute atomic E-state index is 11.8. The number of benzene rings is 1. The summed E-state index contributed by atoms with van der Waals surface area (Å²) in [5.41, 5.74) is 1.30. The summed E-state index contributed by atoms with van der Waals surface area (Å²) >= 11 is 7.30. The first-order valence-corrected chi connectivity index (χ1v) is 6.90. The van der Waals surface area contributed by atoms with Gasteiger partial charge in [0.2, 0.25) is 0 Å². The number of thiocarbonyl (C=S) groups is 1. The lowest BCUT2D eigenvalue weighted by atomic mass is 10.3. The van der Waals surface area contributed by atoms with E-state index in [9.17, 15) is 4.79 Å². The molecule has 1 amide bonds. The summed E-state index contributed by atoms with van der Waals surface area (Å²) in [5.74, 6) is -0.281. The Balaban J connectivity index is 1.94. The van der Waals surface area contributed by atoms with Crippen molar-refractivity contribution in [2.24, 2.45) is 7.05 Å². The van der Waals surface area contributed by atoms with Gasteiger partial charge in [0.25, 0.3) is 5.91 Å². The van der Waals surface area contributed by atoms with E-state index in [0.717, 1.165) is 9.26 Å². The summed E-state index contributed by atoms with van der Waals surface area (Å²) in [5, 5.41) is 9.73. The Morgan fingerprint density at radius 2 is 2.05 bits per heavy atom. The minimum absolute atomic E-state index is 0.259. The first-order chi connectivity index (χ1) is 9.04. The summed E-state index contributed by atoms with van der Waals surface area (Å²) in [7, 11) is 1.75. The third-order valence-electron chi connectivity index (χ3n) is 2.30. The fourth-order valence-corrected chi connectivity index (χ4v) is 1.98. The van der Waals surface area contributed by atoms with Crippen LogP contribution in [0, 0.1) is 3.57 Å². The van der Waals surface area contributed by atoms with E-state index in [4.69, 9.17) is 12.2 Å². The Kier molecular flexibility index (Phi) is 4.48. The zero-order valence-electron chi connectivity index (χ0n) is 10.1. The number of halogens is 1. The van der Waals surface area contributed by atoms with Gasteiger partial charge in [-0.3, -0.25) is 14.8 Å². The van der Waals surface area contributed by atoms with Gasteiger partial charge in [-0.1, -0.05) is 0 Å². The van der Waals surface area contributed by atoms with Crippen molar-refractivity contribution in [3.63, 3.8) is 0 Å². The minimum Gasteiger partial charge on any atom is -0.332 e. The highest BCUT2D eigenvalue weighted by molar-refractivity contribution is 14.1. The van der Waals surface area contributed by atoms with Crippen molar-refractivity contribution in [3.8, 4) is 0 Å². The van der Waals surface area contributed by atoms with Gasteiger partial charge in [-0.15, -0.1) is 0 Å². The Morgan fingerprint density at radius 3 is 2.63 bits per heavy atom. The molecule has 0 atom stereocenters. The van der Waals surface area contributed by atoms with E-state index in [2.05, 4.69) is 38.3 Å². The summed E-state index contributed by atoms with van der Waals surface area (Å²) in [6, 6.07) is 7.69. The van der Waals surface area contributed by atoms with E-state index in [-0.39, 0.29) is 11.0 Å². The predicted octanol–water partition coefficient (Wildman–Crippen LogP) is 2.15. The molecule has 0 radical (unpaired) electrons. The molecule has 0 aliphatic carbocycles. The monoisotopic (exact) mass is 386 g/mol. The van der Waals surface area contributed by atoms with E-state index in [1.54, 1.807) is 17.9 Å². The molecule has 19 heavy (non-hydrogen) atoms. The average molecular weight is 386 g/mol. The van der Waals surface area contributed by atoms with Crippen LogP contribution in [-0.2, 0) is 7.05 Å². The first-order valence-electron chi connectivity index (χ1n) is 5.41. The van der Waals surface area contributed by atoms with E-state index < -0.39 is 0 Å². The largest absolute Gasteiger partial charge is 0.332 e. The molecule has 0 aliphatic heterocycles. The van der Waals surface area contributed by atoms with Gasteiger partial charge in [0, 0.05) is 22.5 Å². The van der Waals surface area contributed by atoms with Crippen molar-refractivity contribution in [2.45, 2.75) is 0 Å². The second-order valence-corrected chi connectivity index (χ2v) is 5.47. The molecule has 1 aromatic heterocycles. The zero-order valence-corrected chi connectivity index (χ0v) is 13.0. The second kappa shape index (κ2) is 6.11. The standard InChI is InChI=1S/C12H11IN4OS/c1-17-7-8(6-14-17)11(18)16-12(19)15-10-4-2-9(13)3-5-10/h2-7H,1H3,(H2,15,16,18,19). The van der Waals surface area contributed by atoms with Crippen LogP contribution >= 0.6 is 34.8 Å². The molecule has 1 aromatic carbocycles. The van der Waals surface area contributed by atoms with Crippen molar-refractivity contribution in [2.75, 3.05) is 5.32 Å². The Morgan fingerprint density at radius 1 is 1.37 bits per heavy atom. The van der Waals surface area contributed by atoms with Gasteiger partial charge in [0.05, 0.1) is 11.8 Å². The van der Waals surface area contributed by atoms with Gasteiger partial charge < -0.3 is 5.32 Å². The highest BCUT2D eigenvalue weighted by atomic mass is 127. The van der Waals surface area contributed by atoms with Crippen LogP contribution in [-0.4, -0.2) is 20.8 Å². The number of anilines is 1. The number of amides is 1. The average Bonchev–Trinajstić information content (AvgIpc) is 2.79. The van der Waals surface area contributed by atoms with Gasteiger partial charge in [-0.2, -0.15) is 5.10 Å². The molecule has 0 fully saturated rings. The van der Waals surface area contributed by atoms with Gasteiger partial charge >= 0.3 is 0 Å². The fraction of sp³-hybridized carbons (Fsp3) is 0.0833. The summed E-state index contributed by atoms with van der Waals surface area (Å²) in [4.78, 5) is 11.8. The number of nitrogens with zero attached hydrogens (tertiary/aromatic N) is 2. The highest BCUT2D eigenvalue weighted by Gasteiger charge is 2.09. The van der Waals surface area contributed by atoms with Crippen LogP contribution in [0.4, 0.5) is 5.69 Å². The van der Waals surface area contributed by atoms with Crippen LogP contribution in [0.5, 0.6) is 0 Å². The third kappa shape index (κ3) is 4.00. The lowest BCUT2D eigenvalue weighted by Gasteiger charge is -2.08. The molecule has 0 spiro atoms. The van der Waals surface area contributed by atoms with E-state index in [1.165, 1.54) is 6.20 Å². The Labute approximate surface area is 129 Å². The van der Waals surface area contributed by atoms with Crippen molar-refractivity contribution in [1.29, 1.82) is 0 Å². The zero-order chi connectivity index (χ0) is 13.8. The molecule has 0 bridgehead atoms. The Hall–Kier alpha value is -1.48. The SMILES string of the molecule is Cn1cc(C(=O)NC(=S)Nc2ccc(I)cc2)cn1. The normalized spacial score (nSPS) is 10.0. The van der Waals surface area contributed by atoms with Crippen LogP contribution < -0.4 is 10.6 Å². The molecule has 0 saturated carbocycles. The Bertz CT molecular complexity index is 608. The van der Waals surface area contributed by atoms with Crippen molar-refractivity contribution in [1.82, 2.24) is 15.1 Å². The maximum atomic E-state index is 11.8. The van der Waals surface area contributed by atoms with Crippen LogP contribution in [0.15, 0.2) is 36.7 Å². The predicted molar refractivity (Wildman–Crippen MR) is 86.1 cm³/mol. The lowest BCUT2D eigenvalue weighted by Crippen LogP contribution is -2.33. The number of nitrogens with one attached hydrogen (secondary N) is 2. The van der Waals surface area contributed by atoms with Crippen LogP contribution in [0.25, 0.3) is 0 Å². The molecule has 0 aliphatic rings. The first kappa shape index (κ1) is 13.9. The molecule has 7 heteroatoms. The molecule has 5 nitrogen and oxygen atoms in total. The fourth-order valence-electron chi connectivity index (χ4n) is 1.41. The van der Waals surface area contributed by atoms with Crippen molar-refractivity contribution in [3.05, 3.63) is 45.8 Å². The van der Waals surface area contributed by atoms with Gasteiger partial charge in [0.1, 0.15) is 0 Å². The number of hydrogen-bond acceptors (Lipinski definition) is 3. The highest BCUT2D eigenvalue weighted by Crippen LogP contribution is 2.10. The van der Waals surface area contributed by atoms with Crippen molar-refractivity contribution >= 4 is 51.5 Å². The number of carbonyl (C=O) groups is 1. The van der Waals surface area contributed by atoms with E-state index in [0.29, 0.717) is 5.56 Å². The van der Waals surface area contributed by atoms with E-state index >= 15 is 0 Å². The summed E-state index contributed by atoms with van der Waals surface area (Å²) in [6.07, 6.45) is 3.12. The van der Waals surface area contributed by atoms with Crippen LogP contribution in [0.3, 0.4) is 0 Å². The maximum Gasteiger partial charge on any atom is 0.260 e. The molecule has 2 aromatic rings. The molecule has 0 saturated heterocycles. The lowest BCUT2D eigenvalue weighted by molar-refractivity contribution is 0.0977. The summed E-state index contributed by atoms with van der Waals surface area (Å²) in [6.45, 7) is 0. The molecule has 2 rings (SSSR count). The molecule has 1 heterocycles. The van der Waals surface area contributed by atoms with Crippen molar-refractivity contribution < 1.29 is 4.79 Å².